The van der Waals surface area contributed by atoms with Crippen molar-refractivity contribution in [3.63, 3.8) is 0 Å². The van der Waals surface area contributed by atoms with E-state index in [9.17, 15) is 0 Å². The first kappa shape index (κ1) is 29.1. The number of rotatable bonds is 5. The molecule has 3 aromatic heterocycles. The lowest BCUT2D eigenvalue weighted by Gasteiger charge is -2.26. The maximum absolute atomic E-state index is 6.54. The summed E-state index contributed by atoms with van der Waals surface area (Å²) in [6.07, 6.45) is 0. The van der Waals surface area contributed by atoms with E-state index in [0.29, 0.717) is 0 Å². The number of anilines is 3. The maximum atomic E-state index is 6.54. The highest BCUT2D eigenvalue weighted by Gasteiger charge is 2.21. The van der Waals surface area contributed by atoms with Crippen LogP contribution >= 0.6 is 11.3 Å². The Kier molecular flexibility index (Phi) is 6.42. The Hall–Kier alpha value is -6.62. The highest BCUT2D eigenvalue weighted by atomic mass is 32.1. The average molecular weight is 683 g/mol. The molecule has 0 saturated carbocycles. The number of benzene rings is 8. The van der Waals surface area contributed by atoms with E-state index >= 15 is 0 Å². The Bertz CT molecular complexity index is 3120. The van der Waals surface area contributed by atoms with Gasteiger partial charge >= 0.3 is 0 Å². The molecule has 0 aliphatic carbocycles. The van der Waals surface area contributed by atoms with Crippen LogP contribution in [0.2, 0.25) is 0 Å². The van der Waals surface area contributed by atoms with E-state index < -0.39 is 0 Å². The number of furan rings is 1. The van der Waals surface area contributed by atoms with Gasteiger partial charge in [-0.2, -0.15) is 0 Å². The van der Waals surface area contributed by atoms with Crippen molar-refractivity contribution in [2.45, 2.75) is 0 Å². The lowest BCUT2D eigenvalue weighted by atomic mass is 9.98. The Morgan fingerprint density at radius 2 is 1.12 bits per heavy atom. The Balaban J connectivity index is 1.09. The molecule has 52 heavy (non-hydrogen) atoms. The van der Waals surface area contributed by atoms with Gasteiger partial charge < -0.3 is 9.32 Å². The first-order chi connectivity index (χ1) is 25.8. The number of para-hydroxylation sites is 2. The number of aromatic nitrogens is 1. The van der Waals surface area contributed by atoms with Crippen molar-refractivity contribution in [1.82, 2.24) is 4.57 Å². The molecule has 0 spiro atoms. The van der Waals surface area contributed by atoms with E-state index in [1.807, 2.05) is 17.4 Å². The molecule has 0 fully saturated rings. The molecule has 0 atom stereocenters. The molecule has 0 saturated heterocycles. The van der Waals surface area contributed by atoms with E-state index in [1.165, 1.54) is 47.5 Å². The molecule has 11 aromatic rings. The molecule has 0 amide bonds. The molecule has 0 N–H and O–H groups in total. The van der Waals surface area contributed by atoms with Gasteiger partial charge in [0.1, 0.15) is 5.58 Å². The van der Waals surface area contributed by atoms with Crippen LogP contribution in [0.15, 0.2) is 186 Å². The van der Waals surface area contributed by atoms with Crippen molar-refractivity contribution >= 4 is 92.3 Å². The molecule has 0 radical (unpaired) electrons. The molecule has 11 rings (SSSR count). The number of fused-ring (bicyclic) bond motifs is 9. The molecule has 0 aliphatic rings. The van der Waals surface area contributed by atoms with E-state index in [1.54, 1.807) is 0 Å². The van der Waals surface area contributed by atoms with E-state index in [-0.39, 0.29) is 0 Å². The summed E-state index contributed by atoms with van der Waals surface area (Å²) in [6, 6.07) is 65.4. The molecule has 244 valence electrons. The summed E-state index contributed by atoms with van der Waals surface area (Å²) in [7, 11) is 0. The van der Waals surface area contributed by atoms with Gasteiger partial charge in [-0.1, -0.05) is 121 Å². The van der Waals surface area contributed by atoms with Crippen molar-refractivity contribution < 1.29 is 4.42 Å². The van der Waals surface area contributed by atoms with Crippen LogP contribution in [-0.4, -0.2) is 4.57 Å². The highest BCUT2D eigenvalue weighted by Crippen LogP contribution is 2.46. The highest BCUT2D eigenvalue weighted by molar-refractivity contribution is 7.26. The SMILES string of the molecule is c1ccc2c(-c3ccc(N(c4ccc(-n5c6ccccc6c6c7ccccc7oc65)cc4)c4cccc5c4sc4ccccc45)cc3)cccc2c1. The Morgan fingerprint density at radius 3 is 1.96 bits per heavy atom. The summed E-state index contributed by atoms with van der Waals surface area (Å²) in [5, 5.41) is 8.56. The van der Waals surface area contributed by atoms with Crippen LogP contribution in [-0.2, 0) is 0 Å². The minimum absolute atomic E-state index is 0.867. The van der Waals surface area contributed by atoms with Gasteiger partial charge in [0.25, 0.3) is 0 Å². The zero-order valence-corrected chi connectivity index (χ0v) is 28.8. The average Bonchev–Trinajstić information content (AvgIpc) is 3.88. The standard InChI is InChI=1S/C48H30N2OS/c1-2-13-36-31(11-1)12-9-17-37(36)32-23-25-33(26-24-32)49(43-20-10-18-39-38-14-5-8-22-45(38)52-47(39)43)34-27-29-35(30-28-34)50-42-19-6-3-15-40(42)46-41-16-4-7-21-44(41)51-48(46)50/h1-30H. The lowest BCUT2D eigenvalue weighted by Crippen LogP contribution is -2.10. The smallest absolute Gasteiger partial charge is 0.213 e. The predicted octanol–water partition coefficient (Wildman–Crippen LogP) is 14.2. The zero-order chi connectivity index (χ0) is 34.2. The molecule has 0 unspecified atom stereocenters. The van der Waals surface area contributed by atoms with Gasteiger partial charge in [0.2, 0.25) is 5.71 Å². The molecular formula is C48H30N2OS. The van der Waals surface area contributed by atoms with Crippen LogP contribution in [0.1, 0.15) is 0 Å². The molecule has 0 aliphatic heterocycles. The summed E-state index contributed by atoms with van der Waals surface area (Å²) in [4.78, 5) is 2.40. The summed E-state index contributed by atoms with van der Waals surface area (Å²) in [5.74, 6) is 0. The molecular weight excluding hydrogens is 653 g/mol. The third-order valence-corrected chi connectivity index (χ3v) is 11.6. The molecule has 3 heterocycles. The van der Waals surface area contributed by atoms with Crippen molar-refractivity contribution in [2.24, 2.45) is 0 Å². The second-order valence-electron chi connectivity index (χ2n) is 13.3. The number of hydrogen-bond donors (Lipinski definition) is 0. The summed E-state index contributed by atoms with van der Waals surface area (Å²) in [5.41, 5.74) is 9.75. The third kappa shape index (κ3) is 4.38. The topological polar surface area (TPSA) is 21.3 Å². The van der Waals surface area contributed by atoms with Gasteiger partial charge in [0, 0.05) is 43.3 Å². The maximum Gasteiger partial charge on any atom is 0.213 e. The van der Waals surface area contributed by atoms with Gasteiger partial charge in [0.15, 0.2) is 0 Å². The third-order valence-electron chi connectivity index (χ3n) is 10.4. The Morgan fingerprint density at radius 1 is 0.481 bits per heavy atom. The second-order valence-corrected chi connectivity index (χ2v) is 14.4. The second kappa shape index (κ2) is 11.5. The fraction of sp³-hybridized carbons (Fsp3) is 0. The molecule has 8 aromatic carbocycles. The van der Waals surface area contributed by atoms with E-state index in [0.717, 1.165) is 50.3 Å². The first-order valence-electron chi connectivity index (χ1n) is 17.6. The number of nitrogens with zero attached hydrogens (tertiary/aromatic N) is 2. The van der Waals surface area contributed by atoms with Gasteiger partial charge in [0.05, 0.1) is 21.3 Å². The van der Waals surface area contributed by atoms with Gasteiger partial charge in [-0.25, -0.2) is 0 Å². The lowest BCUT2D eigenvalue weighted by molar-refractivity contribution is 0.645. The largest absolute Gasteiger partial charge is 0.439 e. The molecule has 0 bridgehead atoms. The summed E-state index contributed by atoms with van der Waals surface area (Å²) >= 11 is 1.86. The van der Waals surface area contributed by atoms with Crippen molar-refractivity contribution in [2.75, 3.05) is 4.90 Å². The first-order valence-corrected chi connectivity index (χ1v) is 18.4. The minimum atomic E-state index is 0.867. The molecule has 3 nitrogen and oxygen atoms in total. The fourth-order valence-corrected chi connectivity index (χ4v) is 9.26. The number of thiophene rings is 1. The zero-order valence-electron chi connectivity index (χ0n) is 28.0. The van der Waals surface area contributed by atoms with Crippen LogP contribution in [0.25, 0.3) is 80.7 Å². The monoisotopic (exact) mass is 682 g/mol. The van der Waals surface area contributed by atoms with E-state index in [4.69, 9.17) is 4.42 Å². The predicted molar refractivity (Wildman–Crippen MR) is 221 cm³/mol. The summed E-state index contributed by atoms with van der Waals surface area (Å²) in [6.45, 7) is 0. The minimum Gasteiger partial charge on any atom is -0.439 e. The van der Waals surface area contributed by atoms with Gasteiger partial charge in [-0.15, -0.1) is 11.3 Å². The van der Waals surface area contributed by atoms with Crippen LogP contribution in [0.5, 0.6) is 0 Å². The van der Waals surface area contributed by atoms with Crippen LogP contribution in [0, 0.1) is 0 Å². The van der Waals surface area contributed by atoms with E-state index in [2.05, 4.69) is 185 Å². The normalized spacial score (nSPS) is 11.8. The van der Waals surface area contributed by atoms with Gasteiger partial charge in [-0.05, 0) is 82.6 Å². The van der Waals surface area contributed by atoms with Crippen LogP contribution in [0.3, 0.4) is 0 Å². The van der Waals surface area contributed by atoms with Crippen LogP contribution < -0.4 is 4.90 Å². The van der Waals surface area contributed by atoms with Crippen molar-refractivity contribution in [3.8, 4) is 16.8 Å². The number of hydrogen-bond acceptors (Lipinski definition) is 3. The quantitative estimate of drug-likeness (QED) is 0.180. The Labute approximate surface area is 303 Å². The summed E-state index contributed by atoms with van der Waals surface area (Å²) < 4.78 is 11.4. The van der Waals surface area contributed by atoms with Crippen molar-refractivity contribution in [1.29, 1.82) is 0 Å². The molecule has 4 heteroatoms. The van der Waals surface area contributed by atoms with Crippen LogP contribution in [0.4, 0.5) is 17.1 Å². The van der Waals surface area contributed by atoms with Crippen molar-refractivity contribution in [3.05, 3.63) is 182 Å². The fourth-order valence-electron chi connectivity index (χ4n) is 8.05. The van der Waals surface area contributed by atoms with Gasteiger partial charge in [-0.3, -0.25) is 4.57 Å².